The Hall–Kier alpha value is -1.51. The van der Waals surface area contributed by atoms with Crippen LogP contribution in [0, 0.1) is 11.8 Å². The minimum Gasteiger partial charge on any atom is -0.490 e. The van der Waals surface area contributed by atoms with E-state index in [0.29, 0.717) is 17.2 Å². The molecular weight excluding hydrogens is 238 g/mol. The van der Waals surface area contributed by atoms with E-state index in [-0.39, 0.29) is 11.9 Å². The molecule has 3 atom stereocenters. The lowest BCUT2D eigenvalue weighted by Crippen LogP contribution is -2.28. The molecule has 0 heterocycles. The Labute approximate surface area is 115 Å². The normalized spacial score (nSPS) is 27.0. The predicted molar refractivity (Wildman–Crippen MR) is 77.5 cm³/mol. The summed E-state index contributed by atoms with van der Waals surface area (Å²) in [5, 5.41) is 0. The van der Waals surface area contributed by atoms with Crippen molar-refractivity contribution in [2.24, 2.45) is 11.8 Å². The number of hydrogen-bond donors (Lipinski definition) is 1. The van der Waals surface area contributed by atoms with Crippen molar-refractivity contribution >= 4 is 11.5 Å². The molecule has 1 fully saturated rings. The average Bonchev–Trinajstić information content (AvgIpc) is 2.36. The second kappa shape index (κ2) is 5.64. The van der Waals surface area contributed by atoms with E-state index >= 15 is 0 Å². The van der Waals surface area contributed by atoms with Crippen LogP contribution < -0.4 is 10.5 Å². The lowest BCUT2D eigenvalue weighted by atomic mass is 9.80. The Morgan fingerprint density at radius 3 is 2.63 bits per heavy atom. The van der Waals surface area contributed by atoms with Crippen molar-refractivity contribution in [1.82, 2.24) is 0 Å². The summed E-state index contributed by atoms with van der Waals surface area (Å²) in [5.74, 6) is 2.21. The van der Waals surface area contributed by atoms with Gasteiger partial charge in [0.2, 0.25) is 0 Å². The topological polar surface area (TPSA) is 52.3 Å². The fourth-order valence-corrected chi connectivity index (χ4v) is 2.71. The largest absolute Gasteiger partial charge is 0.490 e. The minimum atomic E-state index is -0.0198. The molecule has 1 aliphatic carbocycles. The van der Waals surface area contributed by atoms with E-state index in [4.69, 9.17) is 10.5 Å². The molecule has 19 heavy (non-hydrogen) atoms. The molecule has 1 aromatic rings. The van der Waals surface area contributed by atoms with E-state index in [2.05, 4.69) is 13.8 Å². The van der Waals surface area contributed by atoms with E-state index in [1.54, 1.807) is 12.1 Å². The first-order valence-corrected chi connectivity index (χ1v) is 7.04. The zero-order valence-electron chi connectivity index (χ0n) is 12.0. The number of rotatable bonds is 3. The predicted octanol–water partition coefficient (Wildman–Crippen LogP) is 3.67. The number of benzene rings is 1. The summed E-state index contributed by atoms with van der Waals surface area (Å²) in [6.07, 6.45) is 3.64. The van der Waals surface area contributed by atoms with E-state index in [9.17, 15) is 4.79 Å². The van der Waals surface area contributed by atoms with Crippen molar-refractivity contribution in [2.75, 3.05) is 5.73 Å². The molecule has 0 aromatic heterocycles. The van der Waals surface area contributed by atoms with E-state index < -0.39 is 0 Å². The number of hydrogen-bond acceptors (Lipinski definition) is 3. The molecule has 0 amide bonds. The highest BCUT2D eigenvalue weighted by molar-refractivity contribution is 5.99. The molecule has 0 radical (unpaired) electrons. The second-order valence-electron chi connectivity index (χ2n) is 5.81. The molecule has 3 nitrogen and oxygen atoms in total. The van der Waals surface area contributed by atoms with Crippen molar-refractivity contribution in [1.29, 1.82) is 0 Å². The van der Waals surface area contributed by atoms with Crippen LogP contribution in [0.3, 0.4) is 0 Å². The summed E-state index contributed by atoms with van der Waals surface area (Å²) in [6, 6.07) is 5.37. The van der Waals surface area contributed by atoms with Gasteiger partial charge < -0.3 is 10.5 Å². The third-order valence-electron chi connectivity index (χ3n) is 4.26. The fourth-order valence-electron chi connectivity index (χ4n) is 2.71. The van der Waals surface area contributed by atoms with Crippen LogP contribution in [0.25, 0.3) is 0 Å². The number of ketones is 1. The lowest BCUT2D eigenvalue weighted by Gasteiger charge is -2.32. The van der Waals surface area contributed by atoms with E-state index in [1.807, 2.05) is 6.07 Å². The quantitative estimate of drug-likeness (QED) is 0.667. The van der Waals surface area contributed by atoms with Gasteiger partial charge in [-0.2, -0.15) is 0 Å². The number of nitrogens with two attached hydrogens (primary N) is 1. The van der Waals surface area contributed by atoms with Crippen molar-refractivity contribution in [3.8, 4) is 5.75 Å². The van der Waals surface area contributed by atoms with Crippen LogP contribution in [0.4, 0.5) is 5.69 Å². The maximum Gasteiger partial charge on any atom is 0.162 e. The van der Waals surface area contributed by atoms with E-state index in [0.717, 1.165) is 24.5 Å². The highest BCUT2D eigenvalue weighted by atomic mass is 16.5. The third-order valence-corrected chi connectivity index (χ3v) is 4.26. The molecule has 2 rings (SSSR count). The minimum absolute atomic E-state index is 0.0198. The summed E-state index contributed by atoms with van der Waals surface area (Å²) in [7, 11) is 0. The molecule has 104 valence electrons. The van der Waals surface area contributed by atoms with E-state index in [1.165, 1.54) is 13.3 Å². The Morgan fingerprint density at radius 1 is 1.26 bits per heavy atom. The number of nitrogen functional groups attached to an aromatic ring is 1. The van der Waals surface area contributed by atoms with Gasteiger partial charge in [0.1, 0.15) is 5.75 Å². The Balaban J connectivity index is 2.07. The van der Waals surface area contributed by atoms with Crippen LogP contribution in [-0.4, -0.2) is 11.9 Å². The molecule has 0 aliphatic heterocycles. The maximum absolute atomic E-state index is 11.5. The Kier molecular flexibility index (Phi) is 4.13. The van der Waals surface area contributed by atoms with Gasteiger partial charge in [-0.3, -0.25) is 4.79 Å². The smallest absolute Gasteiger partial charge is 0.162 e. The van der Waals surface area contributed by atoms with Gasteiger partial charge in [0.05, 0.1) is 6.10 Å². The summed E-state index contributed by atoms with van der Waals surface area (Å²) in [6.45, 7) is 6.11. The Bertz CT molecular complexity index is 470. The second-order valence-corrected chi connectivity index (χ2v) is 5.81. The number of anilines is 1. The number of carbonyl (C=O) groups excluding carboxylic acids is 1. The van der Waals surface area contributed by atoms with Crippen molar-refractivity contribution in [2.45, 2.75) is 46.1 Å². The van der Waals surface area contributed by atoms with Crippen LogP contribution in [-0.2, 0) is 0 Å². The molecule has 0 saturated heterocycles. The molecule has 2 N–H and O–H groups in total. The zero-order chi connectivity index (χ0) is 14.0. The number of carbonyl (C=O) groups is 1. The van der Waals surface area contributed by atoms with Gasteiger partial charge in [-0.15, -0.1) is 0 Å². The van der Waals surface area contributed by atoms with Crippen LogP contribution in [0.2, 0.25) is 0 Å². The van der Waals surface area contributed by atoms with Crippen molar-refractivity contribution in [3.63, 3.8) is 0 Å². The number of Topliss-reactive ketones (excluding diaryl/α,β-unsaturated/α-hetero) is 1. The van der Waals surface area contributed by atoms with Gasteiger partial charge in [0.15, 0.2) is 5.78 Å². The monoisotopic (exact) mass is 261 g/mol. The van der Waals surface area contributed by atoms with Crippen molar-refractivity contribution < 1.29 is 9.53 Å². The van der Waals surface area contributed by atoms with Crippen LogP contribution in [0.5, 0.6) is 5.75 Å². The average molecular weight is 261 g/mol. The summed E-state index contributed by atoms with van der Waals surface area (Å²) >= 11 is 0. The first-order valence-electron chi connectivity index (χ1n) is 7.04. The van der Waals surface area contributed by atoms with Crippen LogP contribution in [0.1, 0.15) is 50.4 Å². The van der Waals surface area contributed by atoms with Gasteiger partial charge in [0, 0.05) is 11.3 Å². The molecule has 1 aliphatic rings. The van der Waals surface area contributed by atoms with Gasteiger partial charge in [-0.05, 0) is 56.2 Å². The molecular formula is C16H23NO2. The first kappa shape index (κ1) is 13.9. The van der Waals surface area contributed by atoms with Crippen LogP contribution in [0.15, 0.2) is 18.2 Å². The fraction of sp³-hybridized carbons (Fsp3) is 0.562. The van der Waals surface area contributed by atoms with Crippen LogP contribution >= 0.6 is 0 Å². The van der Waals surface area contributed by atoms with Crippen molar-refractivity contribution in [3.05, 3.63) is 23.8 Å². The van der Waals surface area contributed by atoms with Gasteiger partial charge >= 0.3 is 0 Å². The van der Waals surface area contributed by atoms with Gasteiger partial charge in [-0.1, -0.05) is 13.8 Å². The summed E-state index contributed by atoms with van der Waals surface area (Å²) < 4.78 is 6.01. The molecule has 3 unspecified atom stereocenters. The maximum atomic E-state index is 11.5. The summed E-state index contributed by atoms with van der Waals surface area (Å²) in [5.41, 5.74) is 6.86. The molecule has 1 aromatic carbocycles. The van der Waals surface area contributed by atoms with Gasteiger partial charge in [0.25, 0.3) is 0 Å². The SMILES string of the molecule is CC(=O)c1cc(OC2CCC(C)C(C)C2)ccc1N. The highest BCUT2D eigenvalue weighted by Crippen LogP contribution is 2.32. The molecule has 1 saturated carbocycles. The highest BCUT2D eigenvalue weighted by Gasteiger charge is 2.25. The molecule has 0 spiro atoms. The third kappa shape index (κ3) is 3.28. The Morgan fingerprint density at radius 2 is 2.00 bits per heavy atom. The lowest BCUT2D eigenvalue weighted by molar-refractivity contribution is 0.0986. The standard InChI is InChI=1S/C16H23NO2/c1-10-4-5-13(8-11(10)2)19-14-6-7-16(17)15(9-14)12(3)18/h6-7,9-11,13H,4-5,8,17H2,1-3H3. The zero-order valence-corrected chi connectivity index (χ0v) is 12.0. The number of ether oxygens (including phenoxy) is 1. The van der Waals surface area contributed by atoms with Gasteiger partial charge in [-0.25, -0.2) is 0 Å². The molecule has 0 bridgehead atoms. The summed E-state index contributed by atoms with van der Waals surface area (Å²) in [4.78, 5) is 11.5. The first-order chi connectivity index (χ1) is 8.97. The molecule has 3 heteroatoms.